The summed E-state index contributed by atoms with van der Waals surface area (Å²) in [6.07, 6.45) is 1.03. The van der Waals surface area contributed by atoms with Crippen molar-refractivity contribution in [1.82, 2.24) is 0 Å². The van der Waals surface area contributed by atoms with E-state index in [0.717, 1.165) is 17.9 Å². The van der Waals surface area contributed by atoms with Gasteiger partial charge in [0.2, 0.25) is 0 Å². The molecule has 3 heteroatoms. The van der Waals surface area contributed by atoms with E-state index in [1.54, 1.807) is 0 Å². The van der Waals surface area contributed by atoms with Crippen molar-refractivity contribution in [1.29, 1.82) is 0 Å². The lowest BCUT2D eigenvalue weighted by molar-refractivity contribution is 0.424. The molecule has 0 fully saturated rings. The first-order valence-corrected chi connectivity index (χ1v) is 6.85. The van der Waals surface area contributed by atoms with Crippen molar-refractivity contribution < 1.29 is 4.74 Å². The summed E-state index contributed by atoms with van der Waals surface area (Å²) in [6.45, 7) is 3.01. The van der Waals surface area contributed by atoms with E-state index >= 15 is 0 Å². The number of hydrogen-bond donors (Lipinski definition) is 0. The van der Waals surface area contributed by atoms with Gasteiger partial charge in [-0.25, -0.2) is 0 Å². The van der Waals surface area contributed by atoms with E-state index in [9.17, 15) is 0 Å². The van der Waals surface area contributed by atoms with E-state index in [1.165, 1.54) is 10.5 Å². The maximum atomic E-state index is 5.48. The van der Waals surface area contributed by atoms with Crippen molar-refractivity contribution in [3.63, 3.8) is 0 Å². The van der Waals surface area contributed by atoms with Gasteiger partial charge in [0.1, 0.15) is 5.75 Å². The molecule has 0 N–H and O–H groups in total. The lowest BCUT2D eigenvalue weighted by Gasteiger charge is -2.21. The van der Waals surface area contributed by atoms with Gasteiger partial charge in [0.15, 0.2) is 0 Å². The second-order valence-electron chi connectivity index (χ2n) is 4.42. The molecule has 2 aliphatic heterocycles. The van der Waals surface area contributed by atoms with Crippen LogP contribution >= 0.6 is 11.8 Å². The highest BCUT2D eigenvalue weighted by Gasteiger charge is 2.33. The van der Waals surface area contributed by atoms with Crippen LogP contribution in [0.1, 0.15) is 5.56 Å². The van der Waals surface area contributed by atoms with Crippen molar-refractivity contribution in [3.8, 4) is 5.75 Å². The Hall–Kier alpha value is -1.61. The minimum absolute atomic E-state index is 0.353. The zero-order valence-electron chi connectivity index (χ0n) is 9.67. The van der Waals surface area contributed by atoms with Crippen LogP contribution in [-0.4, -0.2) is 5.37 Å². The summed E-state index contributed by atoms with van der Waals surface area (Å²) in [4.78, 5) is 3.48. The number of thioether (sulfide) groups is 1. The van der Waals surface area contributed by atoms with Gasteiger partial charge in [0, 0.05) is 11.3 Å². The summed E-state index contributed by atoms with van der Waals surface area (Å²) in [6, 6.07) is 16.7. The first-order chi connectivity index (χ1) is 8.92. The second kappa shape index (κ2) is 3.95. The smallest absolute Gasteiger partial charge is 0.316 e. The van der Waals surface area contributed by atoms with Crippen molar-refractivity contribution in [2.24, 2.45) is 0 Å². The highest BCUT2D eigenvalue weighted by Crippen LogP contribution is 2.45. The van der Waals surface area contributed by atoms with E-state index in [4.69, 9.17) is 4.74 Å². The molecule has 0 amide bonds. The quantitative estimate of drug-likeness (QED) is 0.771. The predicted octanol–water partition coefficient (Wildman–Crippen LogP) is 3.56. The molecule has 0 bridgehead atoms. The van der Waals surface area contributed by atoms with Gasteiger partial charge in [-0.15, -0.1) is 11.8 Å². The van der Waals surface area contributed by atoms with Crippen LogP contribution in [0.3, 0.4) is 0 Å². The molecule has 2 nitrogen and oxygen atoms in total. The van der Waals surface area contributed by atoms with E-state index in [0.29, 0.717) is 5.37 Å². The molecular weight excluding hydrogens is 242 g/mol. The number of rotatable bonds is 1. The minimum Gasteiger partial charge on any atom is -0.453 e. The SMILES string of the molecule is [C]1Oc2ccccc2N1C1Cc2ccccc2S1. The summed E-state index contributed by atoms with van der Waals surface area (Å²) < 4.78 is 5.48. The predicted molar refractivity (Wildman–Crippen MR) is 72.6 cm³/mol. The Morgan fingerprint density at radius 1 is 1.11 bits per heavy atom. The van der Waals surface area contributed by atoms with Gasteiger partial charge < -0.3 is 9.64 Å². The van der Waals surface area contributed by atoms with E-state index < -0.39 is 0 Å². The molecule has 1 atom stereocenters. The average molecular weight is 253 g/mol. The fourth-order valence-corrected chi connectivity index (χ4v) is 3.69. The lowest BCUT2D eigenvalue weighted by atomic mass is 10.1. The Balaban J connectivity index is 1.65. The summed E-state index contributed by atoms with van der Waals surface area (Å²) >= 11 is 1.88. The number of anilines is 1. The maximum Gasteiger partial charge on any atom is 0.316 e. The average Bonchev–Trinajstić information content (AvgIpc) is 3.02. The third kappa shape index (κ3) is 1.51. The minimum atomic E-state index is 0.353. The molecule has 2 aliphatic rings. The van der Waals surface area contributed by atoms with E-state index in [1.807, 2.05) is 30.0 Å². The Kier molecular flexibility index (Phi) is 2.27. The van der Waals surface area contributed by atoms with Crippen LogP contribution in [0.5, 0.6) is 5.75 Å². The molecular formula is C15H11NOS. The first-order valence-electron chi connectivity index (χ1n) is 5.97. The van der Waals surface area contributed by atoms with Gasteiger partial charge in [0.05, 0.1) is 11.1 Å². The molecule has 18 heavy (non-hydrogen) atoms. The third-order valence-electron chi connectivity index (χ3n) is 3.30. The molecule has 0 spiro atoms. The van der Waals surface area contributed by atoms with Gasteiger partial charge in [0.25, 0.3) is 0 Å². The number of fused-ring (bicyclic) bond motifs is 2. The van der Waals surface area contributed by atoms with Crippen molar-refractivity contribution in [3.05, 3.63) is 60.8 Å². The van der Waals surface area contributed by atoms with Crippen LogP contribution in [0, 0.1) is 6.73 Å². The van der Waals surface area contributed by atoms with Crippen molar-refractivity contribution in [2.75, 3.05) is 4.90 Å². The number of nitrogens with zero attached hydrogens (tertiary/aromatic N) is 1. The molecule has 0 aliphatic carbocycles. The molecule has 2 aromatic rings. The monoisotopic (exact) mass is 253 g/mol. The largest absolute Gasteiger partial charge is 0.453 e. The summed E-state index contributed by atoms with van der Waals surface area (Å²) in [7, 11) is 0. The zero-order chi connectivity index (χ0) is 11.9. The zero-order valence-corrected chi connectivity index (χ0v) is 10.5. The van der Waals surface area contributed by atoms with Crippen LogP contribution in [0.25, 0.3) is 0 Å². The van der Waals surface area contributed by atoms with Crippen molar-refractivity contribution >= 4 is 17.4 Å². The van der Waals surface area contributed by atoms with Gasteiger partial charge >= 0.3 is 6.73 Å². The highest BCUT2D eigenvalue weighted by molar-refractivity contribution is 8.00. The molecule has 88 valence electrons. The van der Waals surface area contributed by atoms with E-state index in [-0.39, 0.29) is 0 Å². The maximum absolute atomic E-state index is 5.48. The van der Waals surface area contributed by atoms with Crippen LogP contribution in [-0.2, 0) is 6.42 Å². The Bertz CT molecular complexity index is 574. The second-order valence-corrected chi connectivity index (χ2v) is 5.64. The Labute approximate surface area is 111 Å². The molecule has 0 saturated heterocycles. The first kappa shape index (κ1) is 10.3. The molecule has 2 aromatic carbocycles. The highest BCUT2D eigenvalue weighted by atomic mass is 32.2. The fourth-order valence-electron chi connectivity index (χ4n) is 2.41. The summed E-state index contributed by atoms with van der Waals surface area (Å²) in [5.74, 6) is 0.897. The Morgan fingerprint density at radius 2 is 1.94 bits per heavy atom. The van der Waals surface area contributed by atoms with Gasteiger partial charge in [-0.2, -0.15) is 0 Å². The van der Waals surface area contributed by atoms with Gasteiger partial charge in [-0.05, 0) is 23.8 Å². The van der Waals surface area contributed by atoms with Crippen LogP contribution < -0.4 is 9.64 Å². The number of ether oxygens (including phenoxy) is 1. The third-order valence-corrected chi connectivity index (χ3v) is 4.60. The fraction of sp³-hybridized carbons (Fsp3) is 0.133. The molecule has 2 radical (unpaired) electrons. The van der Waals surface area contributed by atoms with Crippen LogP contribution in [0.4, 0.5) is 5.69 Å². The normalized spacial score (nSPS) is 20.4. The lowest BCUT2D eigenvalue weighted by Crippen LogP contribution is -2.28. The summed E-state index contributed by atoms with van der Waals surface area (Å²) in [5.41, 5.74) is 2.53. The topological polar surface area (TPSA) is 12.5 Å². The number of para-hydroxylation sites is 2. The standard InChI is InChI=1S/C15H11NOS/c1-4-8-14-11(5-1)9-15(18-14)16-10-17-13-7-3-2-6-12(13)16/h1-8,15H,9H2. The number of hydrogen-bond acceptors (Lipinski definition) is 3. The number of benzene rings is 2. The van der Waals surface area contributed by atoms with Crippen LogP contribution in [0.15, 0.2) is 53.4 Å². The Morgan fingerprint density at radius 3 is 2.89 bits per heavy atom. The molecule has 0 saturated carbocycles. The molecule has 2 heterocycles. The van der Waals surface area contributed by atoms with Gasteiger partial charge in [-0.1, -0.05) is 30.3 Å². The molecule has 4 rings (SSSR count). The molecule has 1 unspecified atom stereocenters. The van der Waals surface area contributed by atoms with E-state index in [2.05, 4.69) is 42.0 Å². The van der Waals surface area contributed by atoms with Gasteiger partial charge in [-0.3, -0.25) is 0 Å². The summed E-state index contributed by atoms with van der Waals surface area (Å²) in [5, 5.41) is 0.353. The van der Waals surface area contributed by atoms with Crippen LogP contribution in [0.2, 0.25) is 0 Å². The van der Waals surface area contributed by atoms with Crippen molar-refractivity contribution in [2.45, 2.75) is 16.7 Å². The molecule has 0 aromatic heterocycles.